The zero-order valence-corrected chi connectivity index (χ0v) is 31.0. The van der Waals surface area contributed by atoms with Crippen molar-refractivity contribution in [2.75, 3.05) is 16.8 Å². The third kappa shape index (κ3) is 4.68. The molecule has 3 heterocycles. The molecule has 0 radical (unpaired) electrons. The van der Waals surface area contributed by atoms with Gasteiger partial charge in [-0.15, -0.1) is 17.5 Å². The topological polar surface area (TPSA) is 6.48 Å². The third-order valence-electron chi connectivity index (χ3n) is 11.6. The second kappa shape index (κ2) is 12.5. The fourth-order valence-electron chi connectivity index (χ4n) is 9.09. The predicted octanol–water partition coefficient (Wildman–Crippen LogP) is 13.1. The monoisotopic (exact) mass is 700 g/mol. The Balaban J connectivity index is 1.26. The molecule has 3 heteroatoms. The van der Waals surface area contributed by atoms with E-state index in [4.69, 9.17) is 6.58 Å². The van der Waals surface area contributed by atoms with Crippen LogP contribution in [0.3, 0.4) is 0 Å². The lowest BCUT2D eigenvalue weighted by Gasteiger charge is -2.47. The smallest absolute Gasteiger partial charge is 0.0755 e. The van der Waals surface area contributed by atoms with Gasteiger partial charge in [0.2, 0.25) is 0 Å². The first kappa shape index (κ1) is 32.0. The van der Waals surface area contributed by atoms with Crippen molar-refractivity contribution in [3.05, 3.63) is 209 Å². The first-order chi connectivity index (χ1) is 26.1. The fourth-order valence-corrected chi connectivity index (χ4v) is 10.3. The average molecular weight is 701 g/mol. The van der Waals surface area contributed by atoms with Crippen molar-refractivity contribution in [1.82, 2.24) is 0 Å². The maximum Gasteiger partial charge on any atom is 0.0755 e. The summed E-state index contributed by atoms with van der Waals surface area (Å²) in [6.07, 6.45) is 20.7. The normalized spacial score (nSPS) is 20.8. The summed E-state index contributed by atoms with van der Waals surface area (Å²) < 4.78 is 0. The minimum absolute atomic E-state index is 0.296. The predicted molar refractivity (Wildman–Crippen MR) is 225 cm³/mol. The van der Waals surface area contributed by atoms with Crippen LogP contribution in [0.25, 0.3) is 22.3 Å². The number of para-hydroxylation sites is 1. The number of benzene rings is 5. The minimum atomic E-state index is -0.522. The van der Waals surface area contributed by atoms with Gasteiger partial charge in [-0.3, -0.25) is 0 Å². The van der Waals surface area contributed by atoms with E-state index in [2.05, 4.69) is 181 Å². The number of hydrogen-bond donors (Lipinski definition) is 0. The molecule has 10 rings (SSSR count). The lowest BCUT2D eigenvalue weighted by atomic mass is 9.63. The summed E-state index contributed by atoms with van der Waals surface area (Å²) in [6, 6.07) is 38.7. The SMILES string of the molecule is C=C1CC/C=C\N2c3ccccc3C3(c4ccccc4-c4ccc(N(C)/C=C(/C5=C=CC5)c5ccccc5)cc43)c3cc4c(c1c32)SC4/C=C\C=C/C. The van der Waals surface area contributed by atoms with Crippen LogP contribution in [0.4, 0.5) is 17.1 Å². The quantitative estimate of drug-likeness (QED) is 0.126. The molecule has 0 saturated heterocycles. The molecule has 0 bridgehead atoms. The second-order valence-electron chi connectivity index (χ2n) is 14.5. The van der Waals surface area contributed by atoms with E-state index >= 15 is 0 Å². The van der Waals surface area contributed by atoms with Gasteiger partial charge in [0.25, 0.3) is 0 Å². The van der Waals surface area contributed by atoms with Gasteiger partial charge >= 0.3 is 0 Å². The Morgan fingerprint density at radius 1 is 0.887 bits per heavy atom. The highest BCUT2D eigenvalue weighted by Gasteiger charge is 2.53. The molecule has 1 spiro atoms. The van der Waals surface area contributed by atoms with E-state index in [9.17, 15) is 0 Å². The van der Waals surface area contributed by atoms with Crippen LogP contribution in [0, 0.1) is 0 Å². The largest absolute Gasteiger partial charge is 0.350 e. The van der Waals surface area contributed by atoms with E-state index < -0.39 is 5.41 Å². The van der Waals surface area contributed by atoms with Gasteiger partial charge in [-0.05, 0) is 100 Å². The number of thioether (sulfide) groups is 1. The molecule has 2 aliphatic carbocycles. The number of hydrogen-bond acceptors (Lipinski definition) is 3. The Morgan fingerprint density at radius 3 is 2.47 bits per heavy atom. The van der Waals surface area contributed by atoms with Gasteiger partial charge in [0.15, 0.2) is 0 Å². The van der Waals surface area contributed by atoms with E-state index in [1.54, 1.807) is 0 Å². The zero-order chi connectivity index (χ0) is 35.7. The lowest BCUT2D eigenvalue weighted by molar-refractivity contribution is 0.743. The summed E-state index contributed by atoms with van der Waals surface area (Å²) in [5, 5.41) is 0.296. The molecule has 5 aromatic carbocycles. The number of fused-ring (bicyclic) bond motifs is 11. The van der Waals surface area contributed by atoms with Crippen LogP contribution >= 0.6 is 11.8 Å². The van der Waals surface area contributed by atoms with Crippen molar-refractivity contribution in [2.45, 2.75) is 41.7 Å². The summed E-state index contributed by atoms with van der Waals surface area (Å²) in [5.41, 5.74) is 22.2. The first-order valence-corrected chi connectivity index (χ1v) is 19.6. The highest BCUT2D eigenvalue weighted by atomic mass is 32.2. The first-order valence-electron chi connectivity index (χ1n) is 18.7. The van der Waals surface area contributed by atoms with Crippen LogP contribution in [0.2, 0.25) is 0 Å². The van der Waals surface area contributed by atoms with E-state index in [0.717, 1.165) is 24.9 Å². The number of allylic oxidation sites excluding steroid dienone is 7. The molecular weight excluding hydrogens is 661 g/mol. The molecule has 256 valence electrons. The molecule has 0 saturated carbocycles. The average Bonchev–Trinajstić information content (AvgIpc) is 3.45. The molecular formula is C50H40N2S. The molecule has 5 aliphatic rings. The molecule has 0 amide bonds. The standard InChI is InChI=1S/C50H40N2S/c1-4-5-7-26-46-39-31-44-48-47(49(39)53-46)33(2)17-14-15-29-52(48)45-25-13-12-24-42(45)50(44)41-23-11-10-22-37(41)38-28-27-36(30-43(38)50)51(3)32-40(35-20-16-21-35)34-18-8-6-9-19-34/h4-13,15-16,18-19,22-32,46H,2,14,17,20H2,1,3H3/b5-4-,26-7-,29-15-,40-32+. The highest BCUT2D eigenvalue weighted by molar-refractivity contribution is 8.01. The molecule has 0 N–H and O–H groups in total. The van der Waals surface area contributed by atoms with Crippen molar-refractivity contribution in [3.63, 3.8) is 0 Å². The maximum absolute atomic E-state index is 4.78. The van der Waals surface area contributed by atoms with Crippen molar-refractivity contribution >= 4 is 40.0 Å². The van der Waals surface area contributed by atoms with Crippen LogP contribution in [0.15, 0.2) is 175 Å². The van der Waals surface area contributed by atoms with Gasteiger partial charge in [0.05, 0.1) is 22.0 Å². The number of anilines is 3. The Labute approximate surface area is 317 Å². The molecule has 0 fully saturated rings. The minimum Gasteiger partial charge on any atom is -0.350 e. The fraction of sp³-hybridized carbons (Fsp3) is 0.140. The van der Waals surface area contributed by atoms with E-state index in [0.29, 0.717) is 5.25 Å². The Morgan fingerprint density at radius 2 is 1.66 bits per heavy atom. The molecule has 2 unspecified atom stereocenters. The molecule has 3 aliphatic heterocycles. The van der Waals surface area contributed by atoms with Gasteiger partial charge in [-0.2, -0.15) is 0 Å². The maximum atomic E-state index is 4.78. The van der Waals surface area contributed by atoms with Crippen molar-refractivity contribution in [3.8, 4) is 11.1 Å². The van der Waals surface area contributed by atoms with E-state index in [1.807, 2.05) is 11.8 Å². The number of rotatable bonds is 6. The van der Waals surface area contributed by atoms with E-state index in [-0.39, 0.29) is 0 Å². The van der Waals surface area contributed by atoms with Crippen molar-refractivity contribution in [2.24, 2.45) is 0 Å². The van der Waals surface area contributed by atoms with Gasteiger partial charge in [-0.25, -0.2) is 0 Å². The van der Waals surface area contributed by atoms with Crippen molar-refractivity contribution in [1.29, 1.82) is 0 Å². The van der Waals surface area contributed by atoms with E-state index in [1.165, 1.54) is 83.1 Å². The Hall–Kier alpha value is -5.73. The highest BCUT2D eigenvalue weighted by Crippen LogP contribution is 2.67. The molecule has 53 heavy (non-hydrogen) atoms. The molecule has 2 nitrogen and oxygen atoms in total. The van der Waals surface area contributed by atoms with Crippen LogP contribution < -0.4 is 9.80 Å². The third-order valence-corrected chi connectivity index (χ3v) is 12.9. The lowest BCUT2D eigenvalue weighted by Crippen LogP contribution is -2.37. The van der Waals surface area contributed by atoms with Gasteiger partial charge in [-0.1, -0.05) is 116 Å². The number of nitrogens with zero attached hydrogens (tertiary/aromatic N) is 2. The summed E-state index contributed by atoms with van der Waals surface area (Å²) in [5.74, 6) is 0. The van der Waals surface area contributed by atoms with Gasteiger partial charge in [0.1, 0.15) is 0 Å². The van der Waals surface area contributed by atoms with Crippen LogP contribution in [-0.2, 0) is 5.41 Å². The Bertz CT molecular complexity index is 2560. The zero-order valence-electron chi connectivity index (χ0n) is 30.1. The summed E-state index contributed by atoms with van der Waals surface area (Å²) in [6.45, 7) is 6.85. The molecule has 2 atom stereocenters. The summed E-state index contributed by atoms with van der Waals surface area (Å²) in [7, 11) is 2.19. The van der Waals surface area contributed by atoms with Crippen LogP contribution in [0.1, 0.15) is 70.4 Å². The van der Waals surface area contributed by atoms with Gasteiger partial charge < -0.3 is 9.80 Å². The van der Waals surface area contributed by atoms with Crippen molar-refractivity contribution < 1.29 is 0 Å². The summed E-state index contributed by atoms with van der Waals surface area (Å²) >= 11 is 1.98. The summed E-state index contributed by atoms with van der Waals surface area (Å²) in [4.78, 5) is 6.17. The van der Waals surface area contributed by atoms with Gasteiger partial charge in [0, 0.05) is 53.2 Å². The Kier molecular flexibility index (Phi) is 7.51. The van der Waals surface area contributed by atoms with Crippen LogP contribution in [-0.4, -0.2) is 7.05 Å². The molecule has 5 aromatic rings. The van der Waals surface area contributed by atoms with Crippen LogP contribution in [0.5, 0.6) is 0 Å². The molecule has 0 aromatic heterocycles. The second-order valence-corrected chi connectivity index (χ2v) is 15.7.